The maximum atomic E-state index is 12.6. The lowest BCUT2D eigenvalue weighted by molar-refractivity contribution is -0.161. The van der Waals surface area contributed by atoms with E-state index in [1.165, 1.54) is 57.8 Å². The number of carbonyl (C=O) groups excluding carboxylic acids is 2. The fourth-order valence-corrected chi connectivity index (χ4v) is 5.96. The number of unbranched alkanes of at least 4 members (excludes halogenated alkanes) is 17. The van der Waals surface area contributed by atoms with Crippen molar-refractivity contribution in [2.24, 2.45) is 0 Å². The molecular weight excluding hydrogens is 671 g/mol. The van der Waals surface area contributed by atoms with Crippen LogP contribution in [0.3, 0.4) is 0 Å². The first-order chi connectivity index (χ1) is 24.7. The highest BCUT2D eigenvalue weighted by molar-refractivity contribution is 7.47. The summed E-state index contributed by atoms with van der Waals surface area (Å²) in [5.74, 6) is -0.942. The van der Waals surface area contributed by atoms with Gasteiger partial charge >= 0.3 is 19.8 Å². The number of rotatable bonds is 37. The Balaban J connectivity index is 4.32. The monoisotopic (exact) mass is 744 g/mol. The number of hydrogen-bond donors (Lipinski definition) is 3. The fourth-order valence-electron chi connectivity index (χ4n) is 5.18. The van der Waals surface area contributed by atoms with Crippen LogP contribution in [0.1, 0.15) is 168 Å². The Bertz CT molecular complexity index is 952. The van der Waals surface area contributed by atoms with Crippen molar-refractivity contribution in [3.05, 3.63) is 36.5 Å². The van der Waals surface area contributed by atoms with Crippen LogP contribution in [0.25, 0.3) is 0 Å². The smallest absolute Gasteiger partial charge is 0.462 e. The number of aliphatic hydroxyl groups excluding tert-OH is 2. The number of allylic oxidation sites excluding steroid dienone is 6. The molecule has 298 valence electrons. The van der Waals surface area contributed by atoms with Gasteiger partial charge in [0.15, 0.2) is 6.10 Å². The number of esters is 2. The second kappa shape index (κ2) is 36.5. The summed E-state index contributed by atoms with van der Waals surface area (Å²) >= 11 is 0. The third-order valence-corrected chi connectivity index (χ3v) is 9.25. The van der Waals surface area contributed by atoms with Crippen molar-refractivity contribution in [3.63, 3.8) is 0 Å². The molecule has 0 bridgehead atoms. The van der Waals surface area contributed by atoms with E-state index < -0.39 is 51.8 Å². The molecule has 10 nitrogen and oxygen atoms in total. The van der Waals surface area contributed by atoms with Crippen LogP contribution in [-0.2, 0) is 32.7 Å². The van der Waals surface area contributed by atoms with E-state index in [-0.39, 0.29) is 19.4 Å². The highest BCUT2D eigenvalue weighted by Gasteiger charge is 2.27. The van der Waals surface area contributed by atoms with Gasteiger partial charge in [-0.05, 0) is 51.4 Å². The Labute approximate surface area is 310 Å². The standard InChI is InChI=1S/C40H73O10P/c1-3-5-7-9-11-13-14-15-16-17-18-19-20-21-22-24-26-28-30-32-40(44)50-38(36-49-51(45,46)48-34-37(42)33-41)35-47-39(43)31-29-27-25-23-12-10-8-6-4-2/h11,13,15-16,18-19,37-38,41-42H,3-10,12,14,17,20-36H2,1-2H3,(H,45,46)/b13-11-,16-15-,19-18-. The molecule has 11 heteroatoms. The molecule has 0 amide bonds. The highest BCUT2D eigenvalue weighted by Crippen LogP contribution is 2.43. The summed E-state index contributed by atoms with van der Waals surface area (Å²) in [6.45, 7) is 2.30. The van der Waals surface area contributed by atoms with E-state index in [0.29, 0.717) is 12.8 Å². The number of phosphoric acid groups is 1. The lowest BCUT2D eigenvalue weighted by Gasteiger charge is -2.20. The van der Waals surface area contributed by atoms with E-state index in [9.17, 15) is 24.2 Å². The second-order valence-electron chi connectivity index (χ2n) is 13.3. The zero-order valence-corrected chi connectivity index (χ0v) is 33.0. The van der Waals surface area contributed by atoms with Gasteiger partial charge in [0.25, 0.3) is 0 Å². The molecule has 0 fully saturated rings. The molecule has 0 heterocycles. The molecule has 0 aromatic carbocycles. The number of phosphoric ester groups is 1. The van der Waals surface area contributed by atoms with E-state index in [1.807, 2.05) is 0 Å². The van der Waals surface area contributed by atoms with Crippen LogP contribution in [0.5, 0.6) is 0 Å². The lowest BCUT2D eigenvalue weighted by Crippen LogP contribution is -2.29. The van der Waals surface area contributed by atoms with Crippen molar-refractivity contribution in [2.75, 3.05) is 26.4 Å². The third kappa shape index (κ3) is 36.3. The Kier molecular flexibility index (Phi) is 35.2. The molecule has 0 saturated heterocycles. The van der Waals surface area contributed by atoms with Crippen LogP contribution < -0.4 is 0 Å². The Morgan fingerprint density at radius 1 is 0.588 bits per heavy atom. The molecule has 3 N–H and O–H groups in total. The number of hydrogen-bond acceptors (Lipinski definition) is 9. The van der Waals surface area contributed by atoms with Gasteiger partial charge in [0.1, 0.15) is 12.7 Å². The zero-order valence-electron chi connectivity index (χ0n) is 32.1. The first-order valence-corrected chi connectivity index (χ1v) is 21.4. The summed E-state index contributed by atoms with van der Waals surface area (Å²) in [6, 6.07) is 0. The van der Waals surface area contributed by atoms with Gasteiger partial charge in [-0.3, -0.25) is 18.6 Å². The van der Waals surface area contributed by atoms with Crippen molar-refractivity contribution in [1.82, 2.24) is 0 Å². The van der Waals surface area contributed by atoms with Crippen LogP contribution in [0, 0.1) is 0 Å². The molecule has 0 aromatic rings. The predicted octanol–water partition coefficient (Wildman–Crippen LogP) is 10.00. The van der Waals surface area contributed by atoms with Crippen LogP contribution >= 0.6 is 7.82 Å². The third-order valence-electron chi connectivity index (χ3n) is 8.30. The van der Waals surface area contributed by atoms with Crippen LogP contribution in [0.2, 0.25) is 0 Å². The van der Waals surface area contributed by atoms with Gasteiger partial charge in [-0.25, -0.2) is 4.57 Å². The molecule has 0 aliphatic rings. The summed E-state index contributed by atoms with van der Waals surface area (Å²) < 4.78 is 32.6. The fraction of sp³-hybridized carbons (Fsp3) is 0.800. The minimum atomic E-state index is -4.61. The van der Waals surface area contributed by atoms with Gasteiger partial charge in [-0.2, -0.15) is 0 Å². The predicted molar refractivity (Wildman–Crippen MR) is 205 cm³/mol. The van der Waals surface area contributed by atoms with E-state index in [4.69, 9.17) is 19.1 Å². The summed E-state index contributed by atoms with van der Waals surface area (Å²) in [5.41, 5.74) is 0. The summed E-state index contributed by atoms with van der Waals surface area (Å²) in [7, 11) is -4.61. The Morgan fingerprint density at radius 2 is 1.02 bits per heavy atom. The quantitative estimate of drug-likeness (QED) is 0.0243. The summed E-state index contributed by atoms with van der Waals surface area (Å²) in [5, 5.41) is 18.3. The van der Waals surface area contributed by atoms with Crippen LogP contribution in [0.15, 0.2) is 36.5 Å². The van der Waals surface area contributed by atoms with Crippen LogP contribution in [0.4, 0.5) is 0 Å². The Hall–Kier alpha value is -1.81. The van der Waals surface area contributed by atoms with Crippen molar-refractivity contribution < 1.29 is 47.8 Å². The summed E-state index contributed by atoms with van der Waals surface area (Å²) in [4.78, 5) is 34.8. The Morgan fingerprint density at radius 3 is 1.57 bits per heavy atom. The molecule has 0 spiro atoms. The topological polar surface area (TPSA) is 149 Å². The van der Waals surface area contributed by atoms with Crippen molar-refractivity contribution in [3.8, 4) is 0 Å². The molecule has 0 radical (unpaired) electrons. The number of ether oxygens (including phenoxy) is 2. The molecule has 3 unspecified atom stereocenters. The van der Waals surface area contributed by atoms with E-state index in [2.05, 4.69) is 54.8 Å². The van der Waals surface area contributed by atoms with Gasteiger partial charge in [0, 0.05) is 12.8 Å². The second-order valence-corrected chi connectivity index (χ2v) is 14.8. The first-order valence-electron chi connectivity index (χ1n) is 19.9. The highest BCUT2D eigenvalue weighted by atomic mass is 31.2. The number of aliphatic hydroxyl groups is 2. The molecule has 0 saturated carbocycles. The van der Waals surface area contributed by atoms with Gasteiger partial charge < -0.3 is 24.6 Å². The molecular formula is C40H73O10P. The maximum absolute atomic E-state index is 12.6. The zero-order chi connectivity index (χ0) is 37.7. The maximum Gasteiger partial charge on any atom is 0.472 e. The van der Waals surface area contributed by atoms with Gasteiger partial charge in [0.2, 0.25) is 0 Å². The molecule has 0 aliphatic carbocycles. The van der Waals surface area contributed by atoms with Crippen LogP contribution in [-0.4, -0.2) is 65.7 Å². The number of carbonyl (C=O) groups is 2. The molecule has 51 heavy (non-hydrogen) atoms. The first kappa shape index (κ1) is 49.2. The van der Waals surface area contributed by atoms with E-state index >= 15 is 0 Å². The van der Waals surface area contributed by atoms with Gasteiger partial charge in [-0.1, -0.05) is 140 Å². The largest absolute Gasteiger partial charge is 0.472 e. The summed E-state index contributed by atoms with van der Waals surface area (Å²) in [6.07, 6.45) is 35.5. The normalized spacial score (nSPS) is 14.4. The van der Waals surface area contributed by atoms with E-state index in [0.717, 1.165) is 70.6 Å². The SMILES string of the molecule is CCCCC/C=C\C/C=C\C/C=C\CCCCCCCCC(=O)OC(COC(=O)CCCCCCCCCCC)COP(=O)(O)OCC(O)CO. The van der Waals surface area contributed by atoms with Crippen molar-refractivity contribution >= 4 is 19.8 Å². The molecule has 3 atom stereocenters. The minimum Gasteiger partial charge on any atom is -0.462 e. The average Bonchev–Trinajstić information content (AvgIpc) is 3.12. The van der Waals surface area contributed by atoms with Crippen molar-refractivity contribution in [1.29, 1.82) is 0 Å². The van der Waals surface area contributed by atoms with Gasteiger partial charge in [0.05, 0.1) is 19.8 Å². The minimum absolute atomic E-state index is 0.170. The van der Waals surface area contributed by atoms with E-state index in [1.54, 1.807) is 0 Å². The molecule has 0 rings (SSSR count). The lowest BCUT2D eigenvalue weighted by atomic mass is 10.1. The van der Waals surface area contributed by atoms with Crippen molar-refractivity contribution in [2.45, 2.75) is 180 Å². The molecule has 0 aliphatic heterocycles. The molecule has 0 aromatic heterocycles. The average molecular weight is 745 g/mol. The van der Waals surface area contributed by atoms with Gasteiger partial charge in [-0.15, -0.1) is 0 Å².